The molecule has 0 spiro atoms. The largest absolute Gasteiger partial charge is 0.496 e. The Bertz CT molecular complexity index is 1270. The molecule has 0 aromatic heterocycles. The molecule has 32 heavy (non-hydrogen) atoms. The third kappa shape index (κ3) is 4.74. The minimum atomic E-state index is -0.643. The maximum atomic E-state index is 12.5. The molecule has 0 amide bonds. The zero-order chi connectivity index (χ0) is 22.7. The molecule has 0 N–H and O–H groups in total. The summed E-state index contributed by atoms with van der Waals surface area (Å²) in [6, 6.07) is 18.5. The molecule has 0 saturated heterocycles. The van der Waals surface area contributed by atoms with Crippen LogP contribution in [0.2, 0.25) is 5.02 Å². The second-order valence-corrected chi connectivity index (χ2v) is 7.97. The number of ether oxygens (including phenoxy) is 3. The fraction of sp³-hybridized carbons (Fsp3) is 0.0417. The molecule has 1 aliphatic heterocycles. The van der Waals surface area contributed by atoms with E-state index >= 15 is 0 Å². The number of carbonyl (C=O) groups excluding carboxylic acids is 2. The molecule has 3 aromatic rings. The first kappa shape index (κ1) is 21.8. The fourth-order valence-electron chi connectivity index (χ4n) is 2.96. The van der Waals surface area contributed by atoms with E-state index in [0.717, 1.165) is 4.47 Å². The van der Waals surface area contributed by atoms with Crippen molar-refractivity contribution in [2.45, 2.75) is 0 Å². The molecule has 160 valence electrons. The highest BCUT2D eigenvalue weighted by atomic mass is 79.9. The predicted molar refractivity (Wildman–Crippen MR) is 124 cm³/mol. The van der Waals surface area contributed by atoms with Crippen LogP contribution in [-0.4, -0.2) is 24.9 Å². The van der Waals surface area contributed by atoms with Crippen LogP contribution < -0.4 is 9.47 Å². The SMILES string of the molecule is COc1ccc(Cl)cc1C1=N/C(=C\c2ccccc2OC(=O)c2ccc(Br)cc2)C(=O)O1. The van der Waals surface area contributed by atoms with Crippen LogP contribution in [0.15, 0.2) is 81.9 Å². The Labute approximate surface area is 197 Å². The monoisotopic (exact) mass is 511 g/mol. The van der Waals surface area contributed by atoms with Gasteiger partial charge in [-0.3, -0.25) is 0 Å². The van der Waals surface area contributed by atoms with Gasteiger partial charge in [-0.15, -0.1) is 0 Å². The number of hydrogen-bond donors (Lipinski definition) is 0. The van der Waals surface area contributed by atoms with Crippen molar-refractivity contribution < 1.29 is 23.8 Å². The number of nitrogens with zero attached hydrogens (tertiary/aromatic N) is 1. The predicted octanol–water partition coefficient (Wildman–Crippen LogP) is 5.67. The van der Waals surface area contributed by atoms with E-state index < -0.39 is 11.9 Å². The molecule has 0 radical (unpaired) electrons. The van der Waals surface area contributed by atoms with E-state index in [1.54, 1.807) is 66.7 Å². The van der Waals surface area contributed by atoms with E-state index in [0.29, 0.717) is 27.5 Å². The molecule has 3 aromatic carbocycles. The van der Waals surface area contributed by atoms with Gasteiger partial charge in [-0.25, -0.2) is 14.6 Å². The molecule has 0 atom stereocenters. The third-order valence-corrected chi connectivity index (χ3v) is 5.27. The standard InChI is InChI=1S/C24H15BrClNO5/c1-30-21-11-10-17(26)13-18(21)22-27-19(24(29)32-22)12-15-4-2-3-5-20(15)31-23(28)14-6-8-16(25)9-7-14/h2-13H,1H3/b19-12-. The van der Waals surface area contributed by atoms with Crippen LogP contribution in [-0.2, 0) is 9.53 Å². The fourth-order valence-corrected chi connectivity index (χ4v) is 3.39. The van der Waals surface area contributed by atoms with Gasteiger partial charge in [0.25, 0.3) is 0 Å². The van der Waals surface area contributed by atoms with Crippen molar-refractivity contribution in [2.75, 3.05) is 7.11 Å². The second-order valence-electron chi connectivity index (χ2n) is 6.61. The molecule has 0 saturated carbocycles. The molecular weight excluding hydrogens is 498 g/mol. The van der Waals surface area contributed by atoms with Gasteiger partial charge in [-0.1, -0.05) is 45.7 Å². The molecule has 0 unspecified atom stereocenters. The first-order chi connectivity index (χ1) is 15.4. The molecule has 1 heterocycles. The Kier molecular flexibility index (Phi) is 6.39. The van der Waals surface area contributed by atoms with Gasteiger partial charge in [-0.2, -0.15) is 0 Å². The lowest BCUT2D eigenvalue weighted by Gasteiger charge is -2.07. The number of benzene rings is 3. The summed E-state index contributed by atoms with van der Waals surface area (Å²) in [5.74, 6) is -0.345. The van der Waals surface area contributed by atoms with Gasteiger partial charge in [0.05, 0.1) is 18.2 Å². The summed E-state index contributed by atoms with van der Waals surface area (Å²) in [5, 5.41) is 0.446. The highest BCUT2D eigenvalue weighted by Gasteiger charge is 2.27. The number of halogens is 2. The Hall–Kier alpha value is -3.42. The number of esters is 2. The van der Waals surface area contributed by atoms with Crippen molar-refractivity contribution >= 4 is 51.4 Å². The van der Waals surface area contributed by atoms with Crippen molar-refractivity contribution in [2.24, 2.45) is 4.99 Å². The van der Waals surface area contributed by atoms with Crippen molar-refractivity contribution in [3.05, 3.63) is 98.6 Å². The molecule has 0 fully saturated rings. The van der Waals surface area contributed by atoms with E-state index in [1.807, 2.05) is 0 Å². The van der Waals surface area contributed by atoms with Crippen molar-refractivity contribution in [1.29, 1.82) is 0 Å². The molecule has 8 heteroatoms. The highest BCUT2D eigenvalue weighted by Crippen LogP contribution is 2.29. The topological polar surface area (TPSA) is 74.2 Å². The average molecular weight is 513 g/mol. The van der Waals surface area contributed by atoms with Gasteiger partial charge >= 0.3 is 11.9 Å². The Morgan fingerprint density at radius 2 is 1.81 bits per heavy atom. The van der Waals surface area contributed by atoms with E-state index in [2.05, 4.69) is 20.9 Å². The van der Waals surface area contributed by atoms with Crippen LogP contribution in [0, 0.1) is 0 Å². The van der Waals surface area contributed by atoms with Crippen LogP contribution in [0.5, 0.6) is 11.5 Å². The average Bonchev–Trinajstić information content (AvgIpc) is 3.15. The zero-order valence-electron chi connectivity index (χ0n) is 16.7. The molecule has 0 aliphatic carbocycles. The van der Waals surface area contributed by atoms with Gasteiger partial charge in [-0.05, 0) is 54.6 Å². The molecule has 4 rings (SSSR count). The van der Waals surface area contributed by atoms with Gasteiger partial charge in [0.1, 0.15) is 11.5 Å². The molecule has 1 aliphatic rings. The first-order valence-electron chi connectivity index (χ1n) is 9.38. The summed E-state index contributed by atoms with van der Waals surface area (Å²) in [6.45, 7) is 0. The van der Waals surface area contributed by atoms with Gasteiger partial charge in [0.2, 0.25) is 5.90 Å². The van der Waals surface area contributed by atoms with E-state index in [9.17, 15) is 9.59 Å². The Balaban J connectivity index is 1.64. The summed E-state index contributed by atoms with van der Waals surface area (Å²) < 4.78 is 17.0. The number of hydrogen-bond acceptors (Lipinski definition) is 6. The molecule has 0 bridgehead atoms. The summed E-state index contributed by atoms with van der Waals surface area (Å²) in [4.78, 5) is 29.3. The van der Waals surface area contributed by atoms with Crippen LogP contribution in [0.25, 0.3) is 6.08 Å². The normalized spacial score (nSPS) is 14.2. The lowest BCUT2D eigenvalue weighted by atomic mass is 10.1. The molecule has 6 nitrogen and oxygen atoms in total. The van der Waals surface area contributed by atoms with Gasteiger partial charge in [0.15, 0.2) is 5.70 Å². The number of para-hydroxylation sites is 1. The van der Waals surface area contributed by atoms with E-state index in [-0.39, 0.29) is 17.3 Å². The number of aliphatic imine (C=N–C) groups is 1. The van der Waals surface area contributed by atoms with E-state index in [4.69, 9.17) is 25.8 Å². The van der Waals surface area contributed by atoms with Gasteiger partial charge < -0.3 is 14.2 Å². The first-order valence-corrected chi connectivity index (χ1v) is 10.5. The smallest absolute Gasteiger partial charge is 0.363 e. The van der Waals surface area contributed by atoms with Crippen LogP contribution >= 0.6 is 27.5 Å². The van der Waals surface area contributed by atoms with E-state index in [1.165, 1.54) is 13.2 Å². The highest BCUT2D eigenvalue weighted by molar-refractivity contribution is 9.10. The maximum absolute atomic E-state index is 12.5. The zero-order valence-corrected chi connectivity index (χ0v) is 19.0. The third-order valence-electron chi connectivity index (χ3n) is 4.51. The lowest BCUT2D eigenvalue weighted by Crippen LogP contribution is -2.09. The Morgan fingerprint density at radius 1 is 1.06 bits per heavy atom. The van der Waals surface area contributed by atoms with Crippen molar-refractivity contribution in [1.82, 2.24) is 0 Å². The summed E-state index contributed by atoms with van der Waals surface area (Å²) in [7, 11) is 1.50. The van der Waals surface area contributed by atoms with Crippen molar-refractivity contribution in [3.8, 4) is 11.5 Å². The van der Waals surface area contributed by atoms with Crippen LogP contribution in [0.3, 0.4) is 0 Å². The van der Waals surface area contributed by atoms with Crippen LogP contribution in [0.4, 0.5) is 0 Å². The summed E-state index contributed by atoms with van der Waals surface area (Å²) in [6.07, 6.45) is 1.50. The van der Waals surface area contributed by atoms with Crippen molar-refractivity contribution in [3.63, 3.8) is 0 Å². The lowest BCUT2D eigenvalue weighted by molar-refractivity contribution is -0.129. The number of cyclic esters (lactones) is 1. The second kappa shape index (κ2) is 9.38. The van der Waals surface area contributed by atoms with Crippen LogP contribution in [0.1, 0.15) is 21.5 Å². The Morgan fingerprint density at radius 3 is 2.56 bits per heavy atom. The summed E-state index contributed by atoms with van der Waals surface area (Å²) >= 11 is 9.40. The maximum Gasteiger partial charge on any atom is 0.363 e. The minimum absolute atomic E-state index is 0.0502. The number of rotatable bonds is 5. The number of carbonyl (C=O) groups is 2. The van der Waals surface area contributed by atoms with Gasteiger partial charge in [0, 0.05) is 15.1 Å². The quantitative estimate of drug-likeness (QED) is 0.250. The summed E-state index contributed by atoms with van der Waals surface area (Å²) in [5.41, 5.74) is 1.39. The number of methoxy groups -OCH3 is 1. The molecular formula is C24H15BrClNO5. The minimum Gasteiger partial charge on any atom is -0.496 e.